The van der Waals surface area contributed by atoms with Gasteiger partial charge in [-0.25, -0.2) is 4.79 Å². The fraction of sp³-hybridized carbons (Fsp3) is 0.500. The standard InChI is InChI=1S/C10H16N4O3/c1-14-7-8(6-13-14)5-12-10(17)11-4-2-3-9(15)16/h6-7H,2-5H2,1H3,(H,15,16)(H2,11,12,17). The number of aromatic nitrogens is 2. The highest BCUT2D eigenvalue weighted by Gasteiger charge is 2.02. The predicted octanol–water partition coefficient (Wildman–Crippen LogP) is 0.0841. The van der Waals surface area contributed by atoms with Crippen molar-refractivity contribution in [3.63, 3.8) is 0 Å². The van der Waals surface area contributed by atoms with Crippen molar-refractivity contribution in [1.82, 2.24) is 20.4 Å². The average molecular weight is 240 g/mol. The molecule has 94 valence electrons. The summed E-state index contributed by atoms with van der Waals surface area (Å²) in [6.07, 6.45) is 3.97. The summed E-state index contributed by atoms with van der Waals surface area (Å²) in [5.41, 5.74) is 0.910. The number of carboxylic acids is 1. The average Bonchev–Trinajstić information content (AvgIpc) is 2.67. The molecule has 0 spiro atoms. The van der Waals surface area contributed by atoms with Gasteiger partial charge < -0.3 is 15.7 Å². The molecular formula is C10H16N4O3. The van der Waals surface area contributed by atoms with Crippen molar-refractivity contribution in [2.75, 3.05) is 6.54 Å². The maximum atomic E-state index is 11.3. The molecule has 0 aliphatic heterocycles. The first-order chi connectivity index (χ1) is 8.08. The zero-order valence-corrected chi connectivity index (χ0v) is 9.64. The molecule has 0 saturated carbocycles. The molecule has 0 fully saturated rings. The first kappa shape index (κ1) is 13.0. The Labute approximate surface area is 98.8 Å². The monoisotopic (exact) mass is 240 g/mol. The van der Waals surface area contributed by atoms with Crippen LogP contribution >= 0.6 is 0 Å². The van der Waals surface area contributed by atoms with Crippen LogP contribution in [0, 0.1) is 0 Å². The van der Waals surface area contributed by atoms with Crippen molar-refractivity contribution in [2.45, 2.75) is 19.4 Å². The lowest BCUT2D eigenvalue weighted by molar-refractivity contribution is -0.137. The van der Waals surface area contributed by atoms with Crippen LogP contribution in [0.4, 0.5) is 4.79 Å². The summed E-state index contributed by atoms with van der Waals surface area (Å²) in [6.45, 7) is 0.754. The third kappa shape index (κ3) is 5.55. The van der Waals surface area contributed by atoms with Crippen LogP contribution in [0.1, 0.15) is 18.4 Å². The summed E-state index contributed by atoms with van der Waals surface area (Å²) in [7, 11) is 1.80. The van der Waals surface area contributed by atoms with Gasteiger partial charge in [0.25, 0.3) is 0 Å². The van der Waals surface area contributed by atoms with Gasteiger partial charge in [0, 0.05) is 38.3 Å². The molecule has 17 heavy (non-hydrogen) atoms. The van der Waals surface area contributed by atoms with Crippen molar-refractivity contribution in [3.8, 4) is 0 Å². The van der Waals surface area contributed by atoms with Crippen molar-refractivity contribution in [1.29, 1.82) is 0 Å². The predicted molar refractivity (Wildman–Crippen MR) is 60.3 cm³/mol. The van der Waals surface area contributed by atoms with Crippen LogP contribution in [0.2, 0.25) is 0 Å². The first-order valence-corrected chi connectivity index (χ1v) is 5.29. The summed E-state index contributed by atoms with van der Waals surface area (Å²) >= 11 is 0. The number of hydrogen-bond donors (Lipinski definition) is 3. The molecule has 7 heteroatoms. The SMILES string of the molecule is Cn1cc(CNC(=O)NCCCC(=O)O)cn1. The Morgan fingerprint density at radius 2 is 2.24 bits per heavy atom. The number of hydrogen-bond acceptors (Lipinski definition) is 3. The van der Waals surface area contributed by atoms with Crippen molar-refractivity contribution in [3.05, 3.63) is 18.0 Å². The summed E-state index contributed by atoms with van der Waals surface area (Å²) in [5, 5.41) is 17.6. The lowest BCUT2D eigenvalue weighted by Gasteiger charge is -2.05. The maximum absolute atomic E-state index is 11.3. The van der Waals surface area contributed by atoms with E-state index in [1.807, 2.05) is 6.20 Å². The molecule has 0 aromatic carbocycles. The zero-order chi connectivity index (χ0) is 12.7. The van der Waals surface area contributed by atoms with Gasteiger partial charge in [-0.05, 0) is 6.42 Å². The minimum atomic E-state index is -0.859. The van der Waals surface area contributed by atoms with Crippen LogP contribution in [0.15, 0.2) is 12.4 Å². The van der Waals surface area contributed by atoms with Crippen LogP contribution in [0.25, 0.3) is 0 Å². The topological polar surface area (TPSA) is 96.2 Å². The van der Waals surface area contributed by atoms with Gasteiger partial charge >= 0.3 is 12.0 Å². The van der Waals surface area contributed by atoms with Crippen molar-refractivity contribution < 1.29 is 14.7 Å². The van der Waals surface area contributed by atoms with Crippen LogP contribution < -0.4 is 10.6 Å². The molecule has 1 heterocycles. The molecule has 0 aliphatic rings. The maximum Gasteiger partial charge on any atom is 0.315 e. The van der Waals surface area contributed by atoms with Crippen LogP contribution in [0.3, 0.4) is 0 Å². The fourth-order valence-electron chi connectivity index (χ4n) is 1.25. The van der Waals surface area contributed by atoms with E-state index in [0.29, 0.717) is 19.5 Å². The highest BCUT2D eigenvalue weighted by Crippen LogP contribution is 1.94. The fourth-order valence-corrected chi connectivity index (χ4v) is 1.25. The Morgan fingerprint density at radius 3 is 2.82 bits per heavy atom. The van der Waals surface area contributed by atoms with Crippen molar-refractivity contribution in [2.24, 2.45) is 7.05 Å². The highest BCUT2D eigenvalue weighted by molar-refractivity contribution is 5.73. The molecular weight excluding hydrogens is 224 g/mol. The number of carboxylic acid groups (broad SMARTS) is 1. The quantitative estimate of drug-likeness (QED) is 0.614. The largest absolute Gasteiger partial charge is 0.481 e. The van der Waals surface area contributed by atoms with Gasteiger partial charge in [0.2, 0.25) is 0 Å². The zero-order valence-electron chi connectivity index (χ0n) is 9.64. The molecule has 0 aliphatic carbocycles. The normalized spacial score (nSPS) is 9.94. The molecule has 1 aromatic heterocycles. The van der Waals surface area contributed by atoms with E-state index in [0.717, 1.165) is 5.56 Å². The van der Waals surface area contributed by atoms with E-state index in [4.69, 9.17) is 5.11 Å². The summed E-state index contributed by atoms with van der Waals surface area (Å²) in [6, 6.07) is -0.306. The minimum Gasteiger partial charge on any atom is -0.481 e. The molecule has 0 bridgehead atoms. The highest BCUT2D eigenvalue weighted by atomic mass is 16.4. The van der Waals surface area contributed by atoms with E-state index >= 15 is 0 Å². The van der Waals surface area contributed by atoms with Crippen LogP contribution in [0.5, 0.6) is 0 Å². The Balaban J connectivity index is 2.11. The third-order valence-corrected chi connectivity index (χ3v) is 2.06. The molecule has 3 N–H and O–H groups in total. The Hall–Kier alpha value is -2.05. The third-order valence-electron chi connectivity index (χ3n) is 2.06. The van der Waals surface area contributed by atoms with Gasteiger partial charge in [-0.1, -0.05) is 0 Å². The first-order valence-electron chi connectivity index (χ1n) is 5.29. The van der Waals surface area contributed by atoms with Crippen LogP contribution in [-0.2, 0) is 18.4 Å². The van der Waals surface area contributed by atoms with E-state index in [1.165, 1.54) is 0 Å². The second-order valence-corrected chi connectivity index (χ2v) is 3.63. The molecule has 0 unspecified atom stereocenters. The summed E-state index contributed by atoms with van der Waals surface area (Å²) in [4.78, 5) is 21.5. The number of urea groups is 1. The Kier molecular flexibility index (Phi) is 4.99. The lowest BCUT2D eigenvalue weighted by Crippen LogP contribution is -2.35. The molecule has 7 nitrogen and oxygen atoms in total. The van der Waals surface area contributed by atoms with E-state index in [2.05, 4.69) is 15.7 Å². The number of aryl methyl sites for hydroxylation is 1. The number of carbonyl (C=O) groups is 2. The number of nitrogens with one attached hydrogen (secondary N) is 2. The molecule has 1 rings (SSSR count). The van der Waals surface area contributed by atoms with Gasteiger partial charge in [-0.3, -0.25) is 9.48 Å². The second kappa shape index (κ2) is 6.51. The number of rotatable bonds is 6. The van der Waals surface area contributed by atoms with Gasteiger partial charge in [-0.15, -0.1) is 0 Å². The van der Waals surface area contributed by atoms with Gasteiger partial charge in [0.15, 0.2) is 0 Å². The molecule has 1 aromatic rings. The van der Waals surface area contributed by atoms with E-state index in [9.17, 15) is 9.59 Å². The number of nitrogens with zero attached hydrogens (tertiary/aromatic N) is 2. The Morgan fingerprint density at radius 1 is 1.47 bits per heavy atom. The lowest BCUT2D eigenvalue weighted by atomic mass is 10.3. The number of amides is 2. The van der Waals surface area contributed by atoms with Gasteiger partial charge in [0.1, 0.15) is 0 Å². The van der Waals surface area contributed by atoms with Gasteiger partial charge in [0.05, 0.1) is 6.20 Å². The number of carbonyl (C=O) groups excluding carboxylic acids is 1. The molecule has 2 amide bonds. The van der Waals surface area contributed by atoms with Crippen LogP contribution in [-0.4, -0.2) is 33.4 Å². The van der Waals surface area contributed by atoms with Gasteiger partial charge in [-0.2, -0.15) is 5.10 Å². The van der Waals surface area contributed by atoms with E-state index in [-0.39, 0.29) is 12.5 Å². The minimum absolute atomic E-state index is 0.0584. The molecule has 0 saturated heterocycles. The van der Waals surface area contributed by atoms with E-state index in [1.54, 1.807) is 17.9 Å². The second-order valence-electron chi connectivity index (χ2n) is 3.63. The summed E-state index contributed by atoms with van der Waals surface area (Å²) < 4.78 is 1.65. The summed E-state index contributed by atoms with van der Waals surface area (Å²) in [5.74, 6) is -0.859. The smallest absolute Gasteiger partial charge is 0.315 e. The Bertz CT molecular complexity index is 389. The molecule has 0 radical (unpaired) electrons. The molecule has 0 atom stereocenters. The van der Waals surface area contributed by atoms with E-state index < -0.39 is 5.97 Å². The number of aliphatic carboxylic acids is 1. The van der Waals surface area contributed by atoms with Crippen molar-refractivity contribution >= 4 is 12.0 Å².